The first kappa shape index (κ1) is 19.7. The molecule has 0 bridgehead atoms. The minimum Gasteiger partial charge on any atom is -0.379 e. The van der Waals surface area contributed by atoms with Crippen LogP contribution in [-0.2, 0) is 11.2 Å². The summed E-state index contributed by atoms with van der Waals surface area (Å²) in [5.74, 6) is 0. The van der Waals surface area contributed by atoms with Crippen molar-refractivity contribution in [2.24, 2.45) is 0 Å². The second kappa shape index (κ2) is 8.63. The molecule has 2 heterocycles. The van der Waals surface area contributed by atoms with Gasteiger partial charge in [-0.2, -0.15) is 0 Å². The van der Waals surface area contributed by atoms with E-state index in [0.29, 0.717) is 6.54 Å². The van der Waals surface area contributed by atoms with Gasteiger partial charge in [-0.3, -0.25) is 9.88 Å². The smallest absolute Gasteiger partial charge is 0.317 e. The largest absolute Gasteiger partial charge is 0.379 e. The topological polar surface area (TPSA) is 57.7 Å². The maximum atomic E-state index is 12.5. The molecular formula is C19H32N4O2. The van der Waals surface area contributed by atoms with E-state index in [1.54, 1.807) is 4.90 Å². The van der Waals surface area contributed by atoms with Crippen LogP contribution in [0.1, 0.15) is 32.0 Å². The van der Waals surface area contributed by atoms with Gasteiger partial charge in [-0.25, -0.2) is 4.79 Å². The van der Waals surface area contributed by atoms with Gasteiger partial charge in [-0.1, -0.05) is 0 Å². The molecule has 0 aromatic carbocycles. The average Bonchev–Trinajstić information content (AvgIpc) is 2.60. The van der Waals surface area contributed by atoms with Crippen molar-refractivity contribution in [3.05, 3.63) is 29.6 Å². The quantitative estimate of drug-likeness (QED) is 0.855. The van der Waals surface area contributed by atoms with Gasteiger partial charge >= 0.3 is 6.03 Å². The first-order chi connectivity index (χ1) is 11.8. The Morgan fingerprint density at radius 3 is 2.76 bits per heavy atom. The zero-order chi connectivity index (χ0) is 18.4. The highest BCUT2D eigenvalue weighted by molar-refractivity contribution is 5.74. The number of hydrogen-bond acceptors (Lipinski definition) is 4. The number of likely N-dealkylation sites (N-methyl/N-ethyl adjacent to an activating group) is 1. The fraction of sp³-hybridized carbons (Fsp3) is 0.684. The Kier molecular flexibility index (Phi) is 6.79. The molecule has 1 aliphatic heterocycles. The number of aromatic nitrogens is 1. The number of carbonyl (C=O) groups excluding carboxylic acids is 1. The highest BCUT2D eigenvalue weighted by Gasteiger charge is 2.29. The third-order valence-corrected chi connectivity index (χ3v) is 5.00. The van der Waals surface area contributed by atoms with Gasteiger partial charge in [0.15, 0.2) is 0 Å². The number of aryl methyl sites for hydroxylation is 1. The minimum absolute atomic E-state index is 0.0403. The van der Waals surface area contributed by atoms with E-state index >= 15 is 0 Å². The fourth-order valence-electron chi connectivity index (χ4n) is 3.05. The molecule has 6 heteroatoms. The molecule has 1 N–H and O–H groups in total. The van der Waals surface area contributed by atoms with Crippen LogP contribution in [0.5, 0.6) is 0 Å². The van der Waals surface area contributed by atoms with Crippen LogP contribution in [0.2, 0.25) is 0 Å². The summed E-state index contributed by atoms with van der Waals surface area (Å²) >= 11 is 0. The van der Waals surface area contributed by atoms with Crippen molar-refractivity contribution < 1.29 is 9.53 Å². The van der Waals surface area contributed by atoms with Crippen molar-refractivity contribution in [1.29, 1.82) is 0 Å². The molecule has 25 heavy (non-hydrogen) atoms. The van der Waals surface area contributed by atoms with Crippen molar-refractivity contribution in [3.63, 3.8) is 0 Å². The average molecular weight is 348 g/mol. The first-order valence-corrected chi connectivity index (χ1v) is 9.04. The Morgan fingerprint density at radius 1 is 1.44 bits per heavy atom. The zero-order valence-corrected chi connectivity index (χ0v) is 16.2. The van der Waals surface area contributed by atoms with Crippen molar-refractivity contribution in [1.82, 2.24) is 20.1 Å². The van der Waals surface area contributed by atoms with E-state index in [9.17, 15) is 4.79 Å². The van der Waals surface area contributed by atoms with Crippen LogP contribution in [0.3, 0.4) is 0 Å². The van der Waals surface area contributed by atoms with Crippen molar-refractivity contribution in [2.45, 2.75) is 45.7 Å². The lowest BCUT2D eigenvalue weighted by atomic mass is 10.0. The number of nitrogens with zero attached hydrogens (tertiary/aromatic N) is 3. The van der Waals surface area contributed by atoms with E-state index < -0.39 is 0 Å². The third-order valence-electron chi connectivity index (χ3n) is 5.00. The lowest BCUT2D eigenvalue weighted by molar-refractivity contribution is -0.00906. The Balaban J connectivity index is 1.84. The van der Waals surface area contributed by atoms with Gasteiger partial charge < -0.3 is 15.0 Å². The molecule has 6 nitrogen and oxygen atoms in total. The molecule has 1 aromatic rings. The van der Waals surface area contributed by atoms with Crippen LogP contribution < -0.4 is 5.32 Å². The van der Waals surface area contributed by atoms with Gasteiger partial charge in [-0.15, -0.1) is 0 Å². The standard InChI is InChI=1S/C19H32N4O2/c1-15-6-7-20-17(12-15)13-16(2)22(5)18(24)21-14-19(3,4)23-8-10-25-11-9-23/h6-7,12,16H,8-11,13-14H2,1-5H3,(H,21,24). The number of rotatable bonds is 6. The normalized spacial score (nSPS) is 17.2. The van der Waals surface area contributed by atoms with Crippen molar-refractivity contribution in [3.8, 4) is 0 Å². The number of ether oxygens (including phenoxy) is 1. The van der Waals surface area contributed by atoms with Gasteiger partial charge in [-0.05, 0) is 45.4 Å². The molecule has 1 atom stereocenters. The summed E-state index contributed by atoms with van der Waals surface area (Å²) in [5, 5.41) is 3.08. The molecule has 2 amide bonds. The molecule has 1 unspecified atom stereocenters. The summed E-state index contributed by atoms with van der Waals surface area (Å²) in [6.45, 7) is 12.4. The molecule has 1 saturated heterocycles. The van der Waals surface area contributed by atoms with Gasteiger partial charge in [0.25, 0.3) is 0 Å². The summed E-state index contributed by atoms with van der Waals surface area (Å²) in [6, 6.07) is 4.10. The van der Waals surface area contributed by atoms with Crippen LogP contribution in [0.25, 0.3) is 0 Å². The molecule has 140 valence electrons. The summed E-state index contributed by atoms with van der Waals surface area (Å²) in [6.07, 6.45) is 2.57. The van der Waals surface area contributed by atoms with Crippen LogP contribution in [0.4, 0.5) is 4.79 Å². The second-order valence-electron chi connectivity index (χ2n) is 7.56. The lowest BCUT2D eigenvalue weighted by Gasteiger charge is -2.41. The summed E-state index contributed by atoms with van der Waals surface area (Å²) in [4.78, 5) is 21.0. The maximum Gasteiger partial charge on any atom is 0.317 e. The Labute approximate surface area is 151 Å². The summed E-state index contributed by atoms with van der Waals surface area (Å²) in [5.41, 5.74) is 2.12. The Morgan fingerprint density at radius 2 is 2.12 bits per heavy atom. The van der Waals surface area contributed by atoms with Crippen LogP contribution in [-0.4, -0.2) is 72.3 Å². The van der Waals surface area contributed by atoms with E-state index in [-0.39, 0.29) is 17.6 Å². The van der Waals surface area contributed by atoms with Gasteiger partial charge in [0.05, 0.1) is 13.2 Å². The molecule has 0 saturated carbocycles. The fourth-order valence-corrected chi connectivity index (χ4v) is 3.05. The van der Waals surface area contributed by atoms with Crippen molar-refractivity contribution >= 4 is 6.03 Å². The van der Waals surface area contributed by atoms with Crippen LogP contribution >= 0.6 is 0 Å². The van der Waals surface area contributed by atoms with E-state index in [4.69, 9.17) is 4.74 Å². The number of pyridine rings is 1. The number of hydrogen-bond donors (Lipinski definition) is 1. The van der Waals surface area contributed by atoms with E-state index in [2.05, 4.69) is 49.0 Å². The number of urea groups is 1. The van der Waals surface area contributed by atoms with E-state index in [0.717, 1.165) is 38.4 Å². The molecule has 0 spiro atoms. The number of nitrogens with one attached hydrogen (secondary N) is 1. The molecule has 0 radical (unpaired) electrons. The number of carbonyl (C=O) groups is 1. The summed E-state index contributed by atoms with van der Waals surface area (Å²) < 4.78 is 5.41. The molecule has 1 aliphatic rings. The molecule has 0 aliphatic carbocycles. The Bertz CT molecular complexity index is 570. The molecule has 2 rings (SSSR count). The second-order valence-corrected chi connectivity index (χ2v) is 7.56. The monoisotopic (exact) mass is 348 g/mol. The van der Waals surface area contributed by atoms with Gasteiger partial charge in [0, 0.05) is 56.6 Å². The summed E-state index contributed by atoms with van der Waals surface area (Å²) in [7, 11) is 1.84. The highest BCUT2D eigenvalue weighted by atomic mass is 16.5. The number of amides is 2. The molecule has 1 fully saturated rings. The molecule has 1 aromatic heterocycles. The molecular weight excluding hydrogens is 316 g/mol. The zero-order valence-electron chi connectivity index (χ0n) is 16.2. The van der Waals surface area contributed by atoms with Crippen LogP contribution in [0, 0.1) is 6.92 Å². The SMILES string of the molecule is Cc1ccnc(CC(C)N(C)C(=O)NCC(C)(C)N2CCOCC2)c1. The lowest BCUT2D eigenvalue weighted by Crippen LogP contribution is -2.56. The van der Waals surface area contributed by atoms with Gasteiger partial charge in [0.2, 0.25) is 0 Å². The van der Waals surface area contributed by atoms with E-state index in [1.807, 2.05) is 19.3 Å². The van der Waals surface area contributed by atoms with Gasteiger partial charge in [0.1, 0.15) is 0 Å². The van der Waals surface area contributed by atoms with Crippen molar-refractivity contribution in [2.75, 3.05) is 39.9 Å². The number of morpholine rings is 1. The Hall–Kier alpha value is -1.66. The predicted molar refractivity (Wildman–Crippen MR) is 99.8 cm³/mol. The van der Waals surface area contributed by atoms with Crippen LogP contribution in [0.15, 0.2) is 18.3 Å². The highest BCUT2D eigenvalue weighted by Crippen LogP contribution is 2.15. The maximum absolute atomic E-state index is 12.5. The first-order valence-electron chi connectivity index (χ1n) is 9.04. The van der Waals surface area contributed by atoms with E-state index in [1.165, 1.54) is 5.56 Å². The predicted octanol–water partition coefficient (Wildman–Crippen LogP) is 2.07. The third kappa shape index (κ3) is 5.68. The minimum atomic E-state index is -0.0817.